The summed E-state index contributed by atoms with van der Waals surface area (Å²) in [6.07, 6.45) is 9.57. The third-order valence-corrected chi connectivity index (χ3v) is 12.0. The van der Waals surface area contributed by atoms with Gasteiger partial charge in [0.15, 0.2) is 11.6 Å². The van der Waals surface area contributed by atoms with E-state index in [1.165, 1.54) is 7.11 Å². The summed E-state index contributed by atoms with van der Waals surface area (Å²) in [7, 11) is 1.40. The van der Waals surface area contributed by atoms with Crippen LogP contribution in [-0.2, 0) is 14.3 Å². The van der Waals surface area contributed by atoms with Gasteiger partial charge in [0.2, 0.25) is 0 Å². The molecular weight excluding hydrogens is 464 g/mol. The third-order valence-electron chi connectivity index (χ3n) is 12.0. The molecule has 0 spiro atoms. The second-order valence-corrected chi connectivity index (χ2v) is 14.2. The highest BCUT2D eigenvalue weighted by Crippen LogP contribution is 2.72. The Kier molecular flexibility index (Phi) is 5.69. The number of fused-ring (bicyclic) bond motifs is 7. The number of Topliss-reactive ketones (excluding diaryl/α,β-unsaturated/α-hetero) is 1. The Hall–Kier alpha value is -2.42. The van der Waals surface area contributed by atoms with E-state index in [9.17, 15) is 19.6 Å². The van der Waals surface area contributed by atoms with E-state index in [2.05, 4.69) is 46.0 Å². The second kappa shape index (κ2) is 8.04. The standard InChI is InChI=1S/C31H42N2O4/c1-18-20-8-9-29(5)23(28(20,4)15-19(17-32)25(18)35)14-22(34)24-21-16-27(2,3)10-12-31(21,33-26(36)37-7)13-11-30(24,29)6/h14-15,18,20-21,24H,8-13,16H2,1-7H3,(H,33,36). The van der Waals surface area contributed by atoms with Crippen molar-refractivity contribution < 1.29 is 19.1 Å². The van der Waals surface area contributed by atoms with Gasteiger partial charge >= 0.3 is 6.09 Å². The molecule has 0 aromatic carbocycles. The van der Waals surface area contributed by atoms with Gasteiger partial charge in [-0.2, -0.15) is 5.26 Å². The number of ether oxygens (including phenoxy) is 1. The zero-order valence-corrected chi connectivity index (χ0v) is 23.5. The lowest BCUT2D eigenvalue weighted by Gasteiger charge is -2.68. The van der Waals surface area contributed by atoms with E-state index in [0.717, 1.165) is 50.5 Å². The minimum Gasteiger partial charge on any atom is -0.453 e. The molecule has 0 bridgehead atoms. The van der Waals surface area contributed by atoms with Crippen molar-refractivity contribution in [1.82, 2.24) is 5.32 Å². The molecule has 200 valence electrons. The maximum absolute atomic E-state index is 14.3. The molecule has 0 saturated heterocycles. The molecule has 5 rings (SSSR count). The molecule has 8 atom stereocenters. The van der Waals surface area contributed by atoms with Crippen LogP contribution in [0.5, 0.6) is 0 Å². The predicted octanol–water partition coefficient (Wildman–Crippen LogP) is 5.92. The maximum atomic E-state index is 14.3. The van der Waals surface area contributed by atoms with Crippen LogP contribution in [0.2, 0.25) is 0 Å². The van der Waals surface area contributed by atoms with Gasteiger partial charge in [0.25, 0.3) is 0 Å². The number of nitrogens with one attached hydrogen (secondary N) is 1. The molecule has 6 heteroatoms. The van der Waals surface area contributed by atoms with Crippen LogP contribution < -0.4 is 5.32 Å². The van der Waals surface area contributed by atoms with E-state index in [4.69, 9.17) is 4.74 Å². The normalized spacial score (nSPS) is 46.1. The van der Waals surface area contributed by atoms with Crippen molar-refractivity contribution in [1.29, 1.82) is 5.26 Å². The third kappa shape index (κ3) is 3.38. The van der Waals surface area contributed by atoms with Crippen LogP contribution in [0.25, 0.3) is 0 Å². The van der Waals surface area contributed by atoms with Gasteiger partial charge in [0.1, 0.15) is 6.07 Å². The van der Waals surface area contributed by atoms with E-state index in [-0.39, 0.29) is 57.1 Å². The van der Waals surface area contributed by atoms with Crippen molar-refractivity contribution in [2.75, 3.05) is 7.11 Å². The number of carbonyl (C=O) groups excluding carboxylic acids is 3. The largest absolute Gasteiger partial charge is 0.453 e. The van der Waals surface area contributed by atoms with Crippen LogP contribution in [0, 0.1) is 56.7 Å². The molecule has 5 aliphatic rings. The van der Waals surface area contributed by atoms with E-state index in [0.29, 0.717) is 0 Å². The molecule has 6 nitrogen and oxygen atoms in total. The lowest BCUT2D eigenvalue weighted by molar-refractivity contribution is -0.158. The Morgan fingerprint density at radius 3 is 2.38 bits per heavy atom. The number of amides is 1. The fourth-order valence-corrected chi connectivity index (χ4v) is 9.73. The van der Waals surface area contributed by atoms with Crippen LogP contribution >= 0.6 is 0 Å². The van der Waals surface area contributed by atoms with Crippen molar-refractivity contribution in [2.24, 2.45) is 45.3 Å². The van der Waals surface area contributed by atoms with Crippen molar-refractivity contribution >= 4 is 17.7 Å². The van der Waals surface area contributed by atoms with Gasteiger partial charge in [-0.25, -0.2) is 4.79 Å². The number of nitrogens with zero attached hydrogens (tertiary/aromatic N) is 1. The summed E-state index contributed by atoms with van der Waals surface area (Å²) in [5.74, 6) is -0.250. The number of carbonyl (C=O) groups is 3. The predicted molar refractivity (Wildman–Crippen MR) is 140 cm³/mol. The molecule has 5 aliphatic carbocycles. The number of hydrogen-bond donors (Lipinski definition) is 1. The van der Waals surface area contributed by atoms with Crippen LogP contribution in [-0.4, -0.2) is 30.3 Å². The molecule has 1 amide bonds. The molecule has 0 radical (unpaired) electrons. The topological polar surface area (TPSA) is 96.3 Å². The first kappa shape index (κ1) is 26.2. The highest BCUT2D eigenvalue weighted by atomic mass is 16.5. The SMILES string of the molecule is COC(=O)NC12CCC(C)(C)CC1C1C(=O)C=C3C4(C)C=C(C#N)C(=O)C(C)C4CCC3(C)C1(C)CC2. The van der Waals surface area contributed by atoms with E-state index >= 15 is 0 Å². The van der Waals surface area contributed by atoms with Gasteiger partial charge in [0.05, 0.1) is 12.7 Å². The Labute approximate surface area is 221 Å². The van der Waals surface area contributed by atoms with Crippen molar-refractivity contribution in [3.63, 3.8) is 0 Å². The summed E-state index contributed by atoms with van der Waals surface area (Å²) in [6, 6.07) is 2.15. The Bertz CT molecular complexity index is 1180. The monoisotopic (exact) mass is 506 g/mol. The van der Waals surface area contributed by atoms with E-state index < -0.39 is 17.0 Å². The van der Waals surface area contributed by atoms with Crippen LogP contribution in [0.4, 0.5) is 4.79 Å². The fraction of sp³-hybridized carbons (Fsp3) is 0.742. The Morgan fingerprint density at radius 2 is 1.73 bits per heavy atom. The first-order chi connectivity index (χ1) is 17.2. The number of alkyl carbamates (subject to hydrolysis) is 1. The molecule has 3 fully saturated rings. The first-order valence-electron chi connectivity index (χ1n) is 14.0. The average molecular weight is 507 g/mol. The zero-order valence-electron chi connectivity index (χ0n) is 23.5. The van der Waals surface area contributed by atoms with Gasteiger partial charge in [-0.1, -0.05) is 53.2 Å². The molecule has 37 heavy (non-hydrogen) atoms. The van der Waals surface area contributed by atoms with E-state index in [1.807, 2.05) is 19.1 Å². The number of methoxy groups -OCH3 is 1. The average Bonchev–Trinajstić information content (AvgIpc) is 2.83. The lowest BCUT2D eigenvalue weighted by atomic mass is 9.36. The van der Waals surface area contributed by atoms with Crippen molar-refractivity contribution in [3.05, 3.63) is 23.3 Å². The van der Waals surface area contributed by atoms with Gasteiger partial charge in [-0.3, -0.25) is 9.59 Å². The highest BCUT2D eigenvalue weighted by Gasteiger charge is 2.69. The maximum Gasteiger partial charge on any atom is 0.407 e. The summed E-state index contributed by atoms with van der Waals surface area (Å²) in [4.78, 5) is 39.8. The fourth-order valence-electron chi connectivity index (χ4n) is 9.73. The van der Waals surface area contributed by atoms with Crippen LogP contribution in [0.3, 0.4) is 0 Å². The summed E-state index contributed by atoms with van der Waals surface area (Å²) < 4.78 is 5.05. The molecule has 0 aliphatic heterocycles. The number of rotatable bonds is 1. The number of nitriles is 1. The molecule has 0 aromatic rings. The first-order valence-corrected chi connectivity index (χ1v) is 14.0. The van der Waals surface area contributed by atoms with Gasteiger partial charge in [-0.05, 0) is 79.1 Å². The number of ketones is 2. The Balaban J connectivity index is 1.66. The molecule has 0 aromatic heterocycles. The molecule has 3 saturated carbocycles. The summed E-state index contributed by atoms with van der Waals surface area (Å²) in [5.41, 5.74) is -0.0432. The van der Waals surface area contributed by atoms with Crippen LogP contribution in [0.1, 0.15) is 86.5 Å². The second-order valence-electron chi connectivity index (χ2n) is 14.2. The van der Waals surface area contributed by atoms with Crippen molar-refractivity contribution in [2.45, 2.75) is 92.0 Å². The smallest absolute Gasteiger partial charge is 0.407 e. The molecule has 8 unspecified atom stereocenters. The van der Waals surface area contributed by atoms with E-state index in [1.54, 1.807) is 0 Å². The van der Waals surface area contributed by atoms with Crippen molar-refractivity contribution in [3.8, 4) is 6.07 Å². The summed E-state index contributed by atoms with van der Waals surface area (Å²) in [6.45, 7) is 13.3. The molecule has 1 N–H and O–H groups in total. The Morgan fingerprint density at radius 1 is 1.05 bits per heavy atom. The van der Waals surface area contributed by atoms with Crippen LogP contribution in [0.15, 0.2) is 23.3 Å². The molecule has 0 heterocycles. The molecular formula is C31H42N2O4. The lowest BCUT2D eigenvalue weighted by Crippen LogP contribution is -2.69. The number of allylic oxidation sites excluding steroid dienone is 4. The van der Waals surface area contributed by atoms with Gasteiger partial charge in [0, 0.05) is 22.8 Å². The minimum atomic E-state index is -0.500. The quantitative estimate of drug-likeness (QED) is 0.476. The summed E-state index contributed by atoms with van der Waals surface area (Å²) in [5, 5.41) is 13.0. The highest BCUT2D eigenvalue weighted by molar-refractivity contribution is 6.02. The summed E-state index contributed by atoms with van der Waals surface area (Å²) >= 11 is 0. The zero-order chi connectivity index (χ0) is 27.2. The number of hydrogen-bond acceptors (Lipinski definition) is 5. The van der Waals surface area contributed by atoms with Gasteiger partial charge in [-0.15, -0.1) is 0 Å². The minimum absolute atomic E-state index is 0.0267. The van der Waals surface area contributed by atoms with Gasteiger partial charge < -0.3 is 10.1 Å².